The first-order valence-corrected chi connectivity index (χ1v) is 11.4. The summed E-state index contributed by atoms with van der Waals surface area (Å²) < 4.78 is 0. The zero-order valence-electron chi connectivity index (χ0n) is 19.5. The molecule has 1 saturated heterocycles. The number of Topliss-reactive ketones (excluding diaryl/α,β-unsaturated/α-hetero) is 2. The van der Waals surface area contributed by atoms with Crippen LogP contribution in [0.15, 0.2) is 30.6 Å². The summed E-state index contributed by atoms with van der Waals surface area (Å²) in [6.07, 6.45) is 5.55. The van der Waals surface area contributed by atoms with Crippen molar-refractivity contribution < 1.29 is 14.4 Å². The van der Waals surface area contributed by atoms with Crippen molar-refractivity contribution in [1.29, 1.82) is 0 Å². The molecule has 0 atom stereocenters. The number of aromatic nitrogens is 2. The van der Waals surface area contributed by atoms with Gasteiger partial charge in [0.05, 0.1) is 6.42 Å². The number of likely N-dealkylation sites (tertiary alicyclic amines) is 1. The molecule has 0 radical (unpaired) electrons. The number of ketones is 2. The van der Waals surface area contributed by atoms with Crippen LogP contribution in [-0.4, -0.2) is 45.4 Å². The fraction of sp³-hybridized carbons (Fsp3) is 0.444. The van der Waals surface area contributed by atoms with Crippen molar-refractivity contribution in [2.24, 2.45) is 5.41 Å². The van der Waals surface area contributed by atoms with Crippen molar-refractivity contribution in [2.45, 2.75) is 58.8 Å². The lowest BCUT2D eigenvalue weighted by Gasteiger charge is -2.44. The van der Waals surface area contributed by atoms with Crippen LogP contribution in [0.5, 0.6) is 0 Å². The third-order valence-corrected chi connectivity index (χ3v) is 7.00. The molecular formula is C27H29N3O3. The lowest BCUT2D eigenvalue weighted by Crippen LogP contribution is -2.48. The first kappa shape index (κ1) is 22.8. The fourth-order valence-electron chi connectivity index (χ4n) is 5.41. The van der Waals surface area contributed by atoms with Gasteiger partial charge in [-0.1, -0.05) is 5.92 Å². The van der Waals surface area contributed by atoms with E-state index in [9.17, 15) is 14.4 Å². The van der Waals surface area contributed by atoms with E-state index in [2.05, 4.69) is 21.8 Å². The summed E-state index contributed by atoms with van der Waals surface area (Å²) in [7, 11) is 0. The molecule has 1 aliphatic heterocycles. The van der Waals surface area contributed by atoms with E-state index >= 15 is 0 Å². The van der Waals surface area contributed by atoms with E-state index in [4.69, 9.17) is 0 Å². The van der Waals surface area contributed by atoms with Gasteiger partial charge in [0, 0.05) is 43.9 Å². The maximum Gasteiger partial charge on any atom is 0.230 e. The third-order valence-electron chi connectivity index (χ3n) is 7.00. The van der Waals surface area contributed by atoms with Crippen molar-refractivity contribution in [3.05, 3.63) is 58.7 Å². The molecule has 1 aromatic carbocycles. The van der Waals surface area contributed by atoms with E-state index in [1.54, 1.807) is 25.4 Å². The van der Waals surface area contributed by atoms with E-state index in [-0.39, 0.29) is 29.3 Å². The normalized spacial score (nSPS) is 18.2. The van der Waals surface area contributed by atoms with E-state index in [0.717, 1.165) is 22.3 Å². The second kappa shape index (κ2) is 9.27. The van der Waals surface area contributed by atoms with Crippen LogP contribution >= 0.6 is 0 Å². The Morgan fingerprint density at radius 3 is 2.18 bits per heavy atom. The van der Waals surface area contributed by atoms with E-state index in [1.165, 1.54) is 0 Å². The minimum Gasteiger partial charge on any atom is -0.342 e. The van der Waals surface area contributed by atoms with Crippen LogP contribution in [0.1, 0.15) is 66.6 Å². The van der Waals surface area contributed by atoms with E-state index in [0.29, 0.717) is 44.6 Å². The quantitative estimate of drug-likeness (QED) is 0.537. The third kappa shape index (κ3) is 4.73. The second-order valence-corrected chi connectivity index (χ2v) is 9.34. The van der Waals surface area contributed by atoms with Gasteiger partial charge >= 0.3 is 0 Å². The summed E-state index contributed by atoms with van der Waals surface area (Å²) in [4.78, 5) is 49.3. The minimum atomic E-state index is -0.686. The van der Waals surface area contributed by atoms with Gasteiger partial charge in [0.15, 0.2) is 0 Å². The summed E-state index contributed by atoms with van der Waals surface area (Å²) in [6.45, 7) is 6.81. The van der Waals surface area contributed by atoms with Crippen LogP contribution in [0.25, 0.3) is 0 Å². The van der Waals surface area contributed by atoms with Crippen molar-refractivity contribution in [3.8, 4) is 11.8 Å². The van der Waals surface area contributed by atoms with Gasteiger partial charge in [-0.2, -0.15) is 0 Å². The highest BCUT2D eigenvalue weighted by atomic mass is 16.2. The van der Waals surface area contributed by atoms with Crippen LogP contribution in [0.3, 0.4) is 0 Å². The van der Waals surface area contributed by atoms with Crippen molar-refractivity contribution >= 4 is 17.5 Å². The number of aryl methyl sites for hydroxylation is 2. The molecule has 2 fully saturated rings. The predicted molar refractivity (Wildman–Crippen MR) is 124 cm³/mol. The monoisotopic (exact) mass is 443 g/mol. The van der Waals surface area contributed by atoms with Gasteiger partial charge in [0.2, 0.25) is 5.91 Å². The molecule has 0 unspecified atom stereocenters. The number of benzene rings is 1. The fourth-order valence-corrected chi connectivity index (χ4v) is 5.41. The molecule has 2 aliphatic rings. The maximum atomic E-state index is 13.3. The molecule has 0 N–H and O–H groups in total. The molecule has 33 heavy (non-hydrogen) atoms. The van der Waals surface area contributed by atoms with Gasteiger partial charge < -0.3 is 4.90 Å². The number of nitrogens with zero attached hydrogens (tertiary/aromatic N) is 3. The molecule has 170 valence electrons. The van der Waals surface area contributed by atoms with Crippen molar-refractivity contribution in [2.75, 3.05) is 13.1 Å². The van der Waals surface area contributed by atoms with Gasteiger partial charge in [0.25, 0.3) is 0 Å². The van der Waals surface area contributed by atoms with Gasteiger partial charge in [-0.25, -0.2) is 9.97 Å². The van der Waals surface area contributed by atoms with Crippen molar-refractivity contribution in [1.82, 2.24) is 14.9 Å². The molecular weight excluding hydrogens is 414 g/mol. The number of rotatable bonds is 3. The average molecular weight is 444 g/mol. The Kier molecular flexibility index (Phi) is 6.42. The zero-order valence-corrected chi connectivity index (χ0v) is 19.5. The maximum absolute atomic E-state index is 13.3. The average Bonchev–Trinajstić information content (AvgIpc) is 2.76. The second-order valence-electron chi connectivity index (χ2n) is 9.34. The van der Waals surface area contributed by atoms with Crippen LogP contribution in [0.2, 0.25) is 0 Å². The molecule has 1 aliphatic carbocycles. The topological polar surface area (TPSA) is 80.2 Å². The highest BCUT2D eigenvalue weighted by Crippen LogP contribution is 2.46. The lowest BCUT2D eigenvalue weighted by atomic mass is 9.62. The van der Waals surface area contributed by atoms with E-state index in [1.807, 2.05) is 30.9 Å². The number of carbonyl (C=O) groups excluding carboxylic acids is 3. The largest absolute Gasteiger partial charge is 0.342 e. The number of hydrogen-bond acceptors (Lipinski definition) is 5. The number of piperidine rings is 1. The molecule has 2 heterocycles. The number of carbonyl (C=O) groups is 3. The summed E-state index contributed by atoms with van der Waals surface area (Å²) in [5, 5.41) is 0. The predicted octanol–water partition coefficient (Wildman–Crippen LogP) is 3.33. The van der Waals surface area contributed by atoms with E-state index < -0.39 is 5.92 Å². The molecule has 2 aromatic rings. The van der Waals surface area contributed by atoms with Crippen molar-refractivity contribution in [3.63, 3.8) is 0 Å². The SMILES string of the molecule is CC#Cc1cc(C)c(C2C(=O)CC3(CCN(C(=O)Cc4ncccn4)CC3)CC2=O)c(C)c1. The standard InChI is InChI=1S/C27H29N3O3/c1-4-6-20-13-18(2)25(19(3)14-20)26-21(31)16-27(17-22(26)32)7-11-30(12-8-27)24(33)15-23-28-9-5-10-29-23/h5,9-10,13-14,26H,7-8,11-12,15-17H2,1-3H3. The molecule has 1 spiro atoms. The Bertz CT molecular complexity index is 1110. The number of amides is 1. The molecule has 1 aromatic heterocycles. The lowest BCUT2D eigenvalue weighted by molar-refractivity contribution is -0.140. The summed E-state index contributed by atoms with van der Waals surface area (Å²) >= 11 is 0. The molecule has 1 amide bonds. The Balaban J connectivity index is 1.45. The first-order chi connectivity index (χ1) is 15.8. The molecule has 4 rings (SSSR count). The Morgan fingerprint density at radius 2 is 1.64 bits per heavy atom. The molecule has 0 bridgehead atoms. The van der Waals surface area contributed by atoms with Crippen LogP contribution in [-0.2, 0) is 20.8 Å². The Hall–Kier alpha value is -3.33. The van der Waals surface area contributed by atoms with Gasteiger partial charge in [-0.05, 0) is 73.9 Å². The molecule has 6 nitrogen and oxygen atoms in total. The smallest absolute Gasteiger partial charge is 0.230 e. The van der Waals surface area contributed by atoms with Crippen LogP contribution in [0, 0.1) is 31.1 Å². The van der Waals surface area contributed by atoms with Gasteiger partial charge in [-0.3, -0.25) is 14.4 Å². The summed E-state index contributed by atoms with van der Waals surface area (Å²) in [5.41, 5.74) is 3.30. The first-order valence-electron chi connectivity index (χ1n) is 11.4. The zero-order chi connectivity index (χ0) is 23.6. The molecule has 1 saturated carbocycles. The minimum absolute atomic E-state index is 0.00392. The number of hydrogen-bond donors (Lipinski definition) is 0. The van der Waals surface area contributed by atoms with Crippen LogP contribution < -0.4 is 0 Å². The Morgan fingerprint density at radius 1 is 1.06 bits per heavy atom. The highest BCUT2D eigenvalue weighted by molar-refractivity contribution is 6.10. The summed E-state index contributed by atoms with van der Waals surface area (Å²) in [6, 6.07) is 5.65. The van der Waals surface area contributed by atoms with Crippen LogP contribution in [0.4, 0.5) is 0 Å². The molecule has 6 heteroatoms. The summed E-state index contributed by atoms with van der Waals surface area (Å²) in [5.74, 6) is 5.78. The Labute approximate surface area is 194 Å². The van der Waals surface area contributed by atoms with Gasteiger partial charge in [-0.15, -0.1) is 5.92 Å². The van der Waals surface area contributed by atoms with Gasteiger partial charge in [0.1, 0.15) is 23.3 Å². The highest BCUT2D eigenvalue weighted by Gasteiger charge is 2.47.